The van der Waals surface area contributed by atoms with Crippen LogP contribution in [-0.4, -0.2) is 24.5 Å². The van der Waals surface area contributed by atoms with E-state index in [2.05, 4.69) is 11.4 Å². The van der Waals surface area contributed by atoms with Crippen LogP contribution in [0.3, 0.4) is 0 Å². The van der Waals surface area contributed by atoms with E-state index in [0.717, 1.165) is 19.3 Å². The average molecular weight is 239 g/mol. The summed E-state index contributed by atoms with van der Waals surface area (Å²) in [6.07, 6.45) is 6.97. The second-order valence-electron chi connectivity index (χ2n) is 4.56. The highest BCUT2D eigenvalue weighted by atomic mass is 16.5. The summed E-state index contributed by atoms with van der Waals surface area (Å²) in [6, 6.07) is 0. The van der Waals surface area contributed by atoms with Gasteiger partial charge in [0.25, 0.3) is 0 Å². The Kier molecular flexibility index (Phi) is 5.73. The molecule has 0 heterocycles. The van der Waals surface area contributed by atoms with Gasteiger partial charge in [0.15, 0.2) is 0 Å². The Morgan fingerprint density at radius 1 is 1.41 bits per heavy atom. The van der Waals surface area contributed by atoms with Crippen LogP contribution in [0.15, 0.2) is 12.2 Å². The molecule has 0 aromatic rings. The van der Waals surface area contributed by atoms with Gasteiger partial charge in [0, 0.05) is 12.5 Å². The van der Waals surface area contributed by atoms with Crippen molar-refractivity contribution in [2.75, 3.05) is 6.54 Å². The number of rotatable bonds is 5. The number of hydrogen-bond acceptors (Lipinski definition) is 3. The number of carbonyl (C=O) groups is 2. The summed E-state index contributed by atoms with van der Waals surface area (Å²) in [4.78, 5) is 22.9. The summed E-state index contributed by atoms with van der Waals surface area (Å²) >= 11 is 0. The van der Waals surface area contributed by atoms with Gasteiger partial charge in [-0.15, -0.1) is 0 Å². The first-order valence-corrected chi connectivity index (χ1v) is 6.21. The number of amides is 1. The van der Waals surface area contributed by atoms with E-state index in [1.54, 1.807) is 0 Å². The normalized spacial score (nSPS) is 19.1. The summed E-state index contributed by atoms with van der Waals surface area (Å²) in [7, 11) is 0. The highest BCUT2D eigenvalue weighted by Gasteiger charge is 2.18. The molecule has 4 heteroatoms. The number of carbonyl (C=O) groups excluding carboxylic acids is 2. The van der Waals surface area contributed by atoms with Gasteiger partial charge in [-0.1, -0.05) is 12.2 Å². The van der Waals surface area contributed by atoms with Crippen LogP contribution in [0.25, 0.3) is 0 Å². The molecule has 1 aliphatic carbocycles. The monoisotopic (exact) mass is 239 g/mol. The standard InChI is InChI=1S/C13H21NO3/c1-10(2)17-12(15)8-9-14-13(16)11-6-4-3-5-7-11/h3-4,10-11H,5-9H2,1-2H3,(H,14,16). The molecule has 1 aliphatic rings. The molecular weight excluding hydrogens is 218 g/mol. The lowest BCUT2D eigenvalue weighted by molar-refractivity contribution is -0.147. The zero-order valence-corrected chi connectivity index (χ0v) is 10.6. The van der Waals surface area contributed by atoms with Crippen molar-refractivity contribution < 1.29 is 14.3 Å². The molecule has 1 rings (SSSR count). The van der Waals surface area contributed by atoms with Crippen LogP contribution in [0.1, 0.15) is 39.5 Å². The number of allylic oxidation sites excluding steroid dienone is 2. The summed E-state index contributed by atoms with van der Waals surface area (Å²) < 4.78 is 4.98. The van der Waals surface area contributed by atoms with Crippen LogP contribution in [0.5, 0.6) is 0 Å². The Labute approximate surface area is 102 Å². The topological polar surface area (TPSA) is 55.4 Å². The first kappa shape index (κ1) is 13.7. The number of ether oxygens (including phenoxy) is 1. The van der Waals surface area contributed by atoms with Crippen molar-refractivity contribution in [3.63, 3.8) is 0 Å². The Bertz CT molecular complexity index is 297. The van der Waals surface area contributed by atoms with Gasteiger partial charge in [0.1, 0.15) is 0 Å². The second kappa shape index (κ2) is 7.09. The van der Waals surface area contributed by atoms with Crippen molar-refractivity contribution in [1.29, 1.82) is 0 Å². The van der Waals surface area contributed by atoms with Gasteiger partial charge in [-0.25, -0.2) is 0 Å². The van der Waals surface area contributed by atoms with Crippen molar-refractivity contribution in [2.45, 2.75) is 45.6 Å². The fourth-order valence-corrected chi connectivity index (χ4v) is 1.79. The summed E-state index contributed by atoms with van der Waals surface area (Å²) in [5.41, 5.74) is 0. The Balaban J connectivity index is 2.15. The third-order valence-electron chi connectivity index (χ3n) is 2.64. The zero-order chi connectivity index (χ0) is 12.7. The first-order chi connectivity index (χ1) is 8.09. The minimum absolute atomic E-state index is 0.0479. The molecule has 4 nitrogen and oxygen atoms in total. The molecule has 1 atom stereocenters. The van der Waals surface area contributed by atoms with E-state index in [4.69, 9.17) is 4.74 Å². The average Bonchev–Trinajstić information content (AvgIpc) is 2.29. The molecule has 17 heavy (non-hydrogen) atoms. The maximum Gasteiger partial charge on any atom is 0.307 e. The van der Waals surface area contributed by atoms with Crippen molar-refractivity contribution >= 4 is 11.9 Å². The maximum absolute atomic E-state index is 11.7. The van der Waals surface area contributed by atoms with E-state index in [1.165, 1.54) is 0 Å². The fraction of sp³-hybridized carbons (Fsp3) is 0.692. The number of hydrogen-bond donors (Lipinski definition) is 1. The van der Waals surface area contributed by atoms with E-state index < -0.39 is 0 Å². The Morgan fingerprint density at radius 3 is 2.76 bits per heavy atom. The SMILES string of the molecule is CC(C)OC(=O)CCNC(=O)C1CC=CCC1. The molecule has 0 radical (unpaired) electrons. The minimum Gasteiger partial charge on any atom is -0.463 e. The van der Waals surface area contributed by atoms with Crippen LogP contribution in [0.2, 0.25) is 0 Å². The summed E-state index contributed by atoms with van der Waals surface area (Å²) in [6.45, 7) is 3.99. The Morgan fingerprint density at radius 2 is 2.18 bits per heavy atom. The maximum atomic E-state index is 11.7. The van der Waals surface area contributed by atoms with Crippen LogP contribution in [0.4, 0.5) is 0 Å². The zero-order valence-electron chi connectivity index (χ0n) is 10.6. The molecule has 1 N–H and O–H groups in total. The predicted molar refractivity (Wildman–Crippen MR) is 65.3 cm³/mol. The van der Waals surface area contributed by atoms with E-state index >= 15 is 0 Å². The predicted octanol–water partition coefficient (Wildman–Crippen LogP) is 1.80. The van der Waals surface area contributed by atoms with Crippen molar-refractivity contribution in [1.82, 2.24) is 5.32 Å². The van der Waals surface area contributed by atoms with Crippen molar-refractivity contribution in [3.05, 3.63) is 12.2 Å². The lowest BCUT2D eigenvalue weighted by Gasteiger charge is -2.17. The molecule has 1 unspecified atom stereocenters. The molecule has 1 amide bonds. The third kappa shape index (κ3) is 5.52. The van der Waals surface area contributed by atoms with E-state index in [-0.39, 0.29) is 30.3 Å². The highest BCUT2D eigenvalue weighted by Crippen LogP contribution is 2.17. The van der Waals surface area contributed by atoms with E-state index in [0.29, 0.717) is 6.54 Å². The molecule has 0 saturated heterocycles. The van der Waals surface area contributed by atoms with Crippen LogP contribution in [-0.2, 0) is 14.3 Å². The van der Waals surface area contributed by atoms with E-state index in [1.807, 2.05) is 19.9 Å². The van der Waals surface area contributed by atoms with Gasteiger partial charge < -0.3 is 10.1 Å². The number of esters is 1. The second-order valence-corrected chi connectivity index (χ2v) is 4.56. The molecule has 0 aromatic carbocycles. The van der Waals surface area contributed by atoms with Crippen molar-refractivity contribution in [2.24, 2.45) is 5.92 Å². The quantitative estimate of drug-likeness (QED) is 0.588. The van der Waals surface area contributed by atoms with Gasteiger partial charge in [-0.3, -0.25) is 9.59 Å². The summed E-state index contributed by atoms with van der Waals surface area (Å²) in [5.74, 6) is -0.142. The molecular formula is C13H21NO3. The molecule has 0 aromatic heterocycles. The fourth-order valence-electron chi connectivity index (χ4n) is 1.79. The molecule has 0 fully saturated rings. The molecule has 0 saturated carbocycles. The van der Waals surface area contributed by atoms with Crippen LogP contribution >= 0.6 is 0 Å². The van der Waals surface area contributed by atoms with Gasteiger partial charge in [0.05, 0.1) is 12.5 Å². The smallest absolute Gasteiger partial charge is 0.307 e. The lowest BCUT2D eigenvalue weighted by Crippen LogP contribution is -2.33. The molecule has 0 bridgehead atoms. The molecule has 0 spiro atoms. The van der Waals surface area contributed by atoms with Gasteiger partial charge in [-0.2, -0.15) is 0 Å². The largest absolute Gasteiger partial charge is 0.463 e. The van der Waals surface area contributed by atoms with Gasteiger partial charge in [-0.05, 0) is 33.1 Å². The van der Waals surface area contributed by atoms with Gasteiger partial charge >= 0.3 is 5.97 Å². The molecule has 96 valence electrons. The highest BCUT2D eigenvalue weighted by molar-refractivity contribution is 5.79. The van der Waals surface area contributed by atoms with Gasteiger partial charge in [0.2, 0.25) is 5.91 Å². The lowest BCUT2D eigenvalue weighted by atomic mass is 9.94. The first-order valence-electron chi connectivity index (χ1n) is 6.21. The van der Waals surface area contributed by atoms with Crippen molar-refractivity contribution in [3.8, 4) is 0 Å². The minimum atomic E-state index is -0.260. The molecule has 0 aliphatic heterocycles. The van der Waals surface area contributed by atoms with Crippen LogP contribution in [0, 0.1) is 5.92 Å². The third-order valence-corrected chi connectivity index (χ3v) is 2.64. The summed E-state index contributed by atoms with van der Waals surface area (Å²) in [5, 5.41) is 2.78. The Hall–Kier alpha value is -1.32. The van der Waals surface area contributed by atoms with Crippen LogP contribution < -0.4 is 5.32 Å². The van der Waals surface area contributed by atoms with E-state index in [9.17, 15) is 9.59 Å². The number of nitrogens with one attached hydrogen (secondary N) is 1.